The molecule has 2 aromatic carbocycles. The highest BCUT2D eigenvalue weighted by Crippen LogP contribution is 2.50. The number of allylic oxidation sites excluding steroid dienone is 2. The summed E-state index contributed by atoms with van der Waals surface area (Å²) in [5.41, 5.74) is 4.50. The predicted octanol–water partition coefficient (Wildman–Crippen LogP) is 5.76. The van der Waals surface area contributed by atoms with Crippen molar-refractivity contribution in [3.63, 3.8) is 0 Å². The number of nitrogens with one attached hydrogen (secondary N) is 1. The van der Waals surface area contributed by atoms with E-state index in [1.54, 1.807) is 0 Å². The van der Waals surface area contributed by atoms with Gasteiger partial charge in [0.05, 0.1) is 6.04 Å². The van der Waals surface area contributed by atoms with Crippen LogP contribution in [0.4, 0.5) is 5.69 Å². The summed E-state index contributed by atoms with van der Waals surface area (Å²) in [5.74, 6) is 0.966. The highest BCUT2D eigenvalue weighted by molar-refractivity contribution is 9.10. The topological polar surface area (TPSA) is 32.3 Å². The monoisotopic (exact) mass is 424 g/mol. The first-order valence-electron chi connectivity index (χ1n) is 9.74. The second-order valence-corrected chi connectivity index (χ2v) is 8.22. The van der Waals surface area contributed by atoms with E-state index in [1.165, 1.54) is 11.1 Å². The molecular weight excluding hydrogens is 400 g/mol. The summed E-state index contributed by atoms with van der Waals surface area (Å²) in [7, 11) is 0. The minimum Gasteiger partial charge on any atom is -0.378 e. The number of halogens is 1. The van der Waals surface area contributed by atoms with E-state index < -0.39 is 0 Å². The molecule has 0 unspecified atom stereocenters. The maximum Gasteiger partial charge on any atom is 0.253 e. The van der Waals surface area contributed by atoms with E-state index in [9.17, 15) is 4.79 Å². The third-order valence-corrected chi connectivity index (χ3v) is 6.42. The highest BCUT2D eigenvalue weighted by atomic mass is 79.9. The van der Waals surface area contributed by atoms with Crippen LogP contribution >= 0.6 is 15.9 Å². The summed E-state index contributed by atoms with van der Waals surface area (Å²) < 4.78 is 1.10. The average molecular weight is 425 g/mol. The zero-order valence-corrected chi connectivity index (χ0v) is 17.4. The van der Waals surface area contributed by atoms with Crippen molar-refractivity contribution in [3.05, 3.63) is 75.8 Å². The first-order valence-corrected chi connectivity index (χ1v) is 10.5. The van der Waals surface area contributed by atoms with Gasteiger partial charge in [0.25, 0.3) is 5.91 Å². The average Bonchev–Trinajstić information content (AvgIpc) is 3.19. The van der Waals surface area contributed by atoms with Gasteiger partial charge < -0.3 is 10.2 Å². The molecule has 1 N–H and O–H groups in total. The fraction of sp³-hybridized carbons (Fsp3) is 0.348. The molecule has 0 spiro atoms. The third kappa shape index (κ3) is 3.31. The van der Waals surface area contributed by atoms with E-state index in [0.29, 0.717) is 11.8 Å². The Morgan fingerprint density at radius 1 is 1.15 bits per heavy atom. The third-order valence-electron chi connectivity index (χ3n) is 5.89. The molecule has 3 atom stereocenters. The standard InChI is InChI=1S/C23H25BrN2O/c1-3-26(4-2)23(27)16-10-13-21-20(14-16)18-6-5-7-19(18)22(25-21)15-8-11-17(24)12-9-15/h5-6,8-14,18-19,22,25H,3-4,7H2,1-2H3/t18-,19+,22+/m1/s1. The van der Waals surface area contributed by atoms with Crippen molar-refractivity contribution < 1.29 is 4.79 Å². The van der Waals surface area contributed by atoms with Crippen LogP contribution in [-0.4, -0.2) is 23.9 Å². The minimum absolute atomic E-state index is 0.122. The smallest absolute Gasteiger partial charge is 0.253 e. The molecule has 2 aliphatic rings. The molecule has 0 bridgehead atoms. The fourth-order valence-corrected chi connectivity index (χ4v) is 4.69. The van der Waals surface area contributed by atoms with Gasteiger partial charge in [-0.15, -0.1) is 0 Å². The molecule has 1 aliphatic carbocycles. The highest BCUT2D eigenvalue weighted by Gasteiger charge is 2.38. The summed E-state index contributed by atoms with van der Waals surface area (Å²) in [6.07, 6.45) is 5.67. The van der Waals surface area contributed by atoms with Crippen molar-refractivity contribution in [2.45, 2.75) is 32.2 Å². The first-order chi connectivity index (χ1) is 13.1. The lowest BCUT2D eigenvalue weighted by molar-refractivity contribution is 0.0773. The Morgan fingerprint density at radius 2 is 1.89 bits per heavy atom. The largest absolute Gasteiger partial charge is 0.378 e. The number of carbonyl (C=O) groups excluding carboxylic acids is 1. The van der Waals surface area contributed by atoms with Crippen molar-refractivity contribution in [1.29, 1.82) is 0 Å². The number of fused-ring (bicyclic) bond motifs is 3. The number of carbonyl (C=O) groups is 1. The molecule has 0 radical (unpaired) electrons. The van der Waals surface area contributed by atoms with E-state index in [1.807, 2.05) is 24.8 Å². The molecule has 4 rings (SSSR count). The van der Waals surface area contributed by atoms with Crippen molar-refractivity contribution >= 4 is 27.5 Å². The van der Waals surface area contributed by atoms with Crippen molar-refractivity contribution in [1.82, 2.24) is 4.90 Å². The summed E-state index contributed by atoms with van der Waals surface area (Å²) in [5, 5.41) is 3.75. The molecule has 1 aliphatic heterocycles. The molecule has 0 saturated heterocycles. The molecule has 1 heterocycles. The Bertz CT molecular complexity index is 870. The molecule has 140 valence electrons. The number of hydrogen-bond acceptors (Lipinski definition) is 2. The lowest BCUT2D eigenvalue weighted by Crippen LogP contribution is -2.32. The van der Waals surface area contributed by atoms with E-state index >= 15 is 0 Å². The SMILES string of the molecule is CCN(CC)C(=O)c1ccc2c(c1)[C@@H]1C=CC[C@@H]1[C@H](c1ccc(Br)cc1)N2. The number of rotatable bonds is 4. The Balaban J connectivity index is 1.69. The number of amides is 1. The number of nitrogens with zero attached hydrogens (tertiary/aromatic N) is 1. The molecule has 0 saturated carbocycles. The number of hydrogen-bond donors (Lipinski definition) is 1. The van der Waals surface area contributed by atoms with Gasteiger partial charge >= 0.3 is 0 Å². The molecular formula is C23H25BrN2O. The quantitative estimate of drug-likeness (QED) is 0.632. The fourth-order valence-electron chi connectivity index (χ4n) is 4.42. The molecule has 1 amide bonds. The Kier molecular flexibility index (Phi) is 5.09. The first kappa shape index (κ1) is 18.3. The van der Waals surface area contributed by atoms with Crippen molar-refractivity contribution in [2.75, 3.05) is 18.4 Å². The molecule has 0 aromatic heterocycles. The molecule has 3 nitrogen and oxygen atoms in total. The summed E-state index contributed by atoms with van der Waals surface area (Å²) >= 11 is 3.53. The van der Waals surface area contributed by atoms with Crippen LogP contribution < -0.4 is 5.32 Å². The zero-order valence-electron chi connectivity index (χ0n) is 15.8. The maximum atomic E-state index is 12.8. The van der Waals surface area contributed by atoms with Crippen LogP contribution in [0.3, 0.4) is 0 Å². The van der Waals surface area contributed by atoms with Crippen LogP contribution in [-0.2, 0) is 0 Å². The van der Waals surface area contributed by atoms with Gasteiger partial charge in [-0.3, -0.25) is 4.79 Å². The molecule has 2 aromatic rings. The Morgan fingerprint density at radius 3 is 2.59 bits per heavy atom. The Labute approximate surface area is 169 Å². The second kappa shape index (κ2) is 7.51. The van der Waals surface area contributed by atoms with Gasteiger partial charge in [0, 0.05) is 34.7 Å². The van der Waals surface area contributed by atoms with E-state index in [-0.39, 0.29) is 11.9 Å². The molecule has 0 fully saturated rings. The Hall–Kier alpha value is -2.07. The zero-order chi connectivity index (χ0) is 19.0. The van der Waals surface area contributed by atoms with E-state index in [0.717, 1.165) is 35.2 Å². The van der Waals surface area contributed by atoms with Gasteiger partial charge in [-0.1, -0.05) is 40.2 Å². The van der Waals surface area contributed by atoms with Gasteiger partial charge in [-0.25, -0.2) is 0 Å². The molecule has 27 heavy (non-hydrogen) atoms. The number of benzene rings is 2. The van der Waals surface area contributed by atoms with Crippen LogP contribution in [0.15, 0.2) is 59.1 Å². The van der Waals surface area contributed by atoms with Gasteiger partial charge in [0.2, 0.25) is 0 Å². The van der Waals surface area contributed by atoms with Crippen LogP contribution in [0.25, 0.3) is 0 Å². The summed E-state index contributed by atoms with van der Waals surface area (Å²) in [6, 6.07) is 15.0. The minimum atomic E-state index is 0.122. The summed E-state index contributed by atoms with van der Waals surface area (Å²) in [6.45, 7) is 5.53. The van der Waals surface area contributed by atoms with Gasteiger partial charge in [0.1, 0.15) is 0 Å². The maximum absolute atomic E-state index is 12.8. The summed E-state index contributed by atoms with van der Waals surface area (Å²) in [4.78, 5) is 14.7. The normalized spacial score (nSPS) is 22.7. The molecule has 4 heteroatoms. The van der Waals surface area contributed by atoms with Crippen LogP contribution in [0, 0.1) is 5.92 Å². The lowest BCUT2D eigenvalue weighted by atomic mass is 9.76. The predicted molar refractivity (Wildman–Crippen MR) is 114 cm³/mol. The second-order valence-electron chi connectivity index (χ2n) is 7.31. The van der Waals surface area contributed by atoms with Crippen LogP contribution in [0.2, 0.25) is 0 Å². The van der Waals surface area contributed by atoms with E-state index in [4.69, 9.17) is 0 Å². The van der Waals surface area contributed by atoms with Crippen molar-refractivity contribution in [3.8, 4) is 0 Å². The van der Waals surface area contributed by atoms with Gasteiger partial charge in [0.15, 0.2) is 0 Å². The lowest BCUT2D eigenvalue weighted by Gasteiger charge is -2.38. The van der Waals surface area contributed by atoms with Crippen molar-refractivity contribution in [2.24, 2.45) is 5.92 Å². The number of anilines is 1. The van der Waals surface area contributed by atoms with E-state index in [2.05, 4.69) is 69.8 Å². The van der Waals surface area contributed by atoms with Gasteiger partial charge in [-0.2, -0.15) is 0 Å². The van der Waals surface area contributed by atoms with Crippen LogP contribution in [0.5, 0.6) is 0 Å². The van der Waals surface area contributed by atoms with Gasteiger partial charge in [-0.05, 0) is 67.6 Å². The van der Waals surface area contributed by atoms with Crippen LogP contribution in [0.1, 0.15) is 53.7 Å².